The number of hydrogen-bond acceptors (Lipinski definition) is 8. The second-order valence-corrected chi connectivity index (χ2v) is 7.87. The minimum atomic E-state index is 0.415. The number of nitriles is 1. The number of aliphatic imine (C=N–C) groups is 1. The Kier molecular flexibility index (Phi) is 7.73. The molecule has 180 valence electrons. The third kappa shape index (κ3) is 5.77. The Morgan fingerprint density at radius 1 is 1.06 bits per heavy atom. The van der Waals surface area contributed by atoms with Crippen LogP contribution in [0.4, 0.5) is 11.5 Å². The highest BCUT2D eigenvalue weighted by Crippen LogP contribution is 2.29. The van der Waals surface area contributed by atoms with Crippen molar-refractivity contribution in [2.24, 2.45) is 4.99 Å². The van der Waals surface area contributed by atoms with Gasteiger partial charge in [0.2, 0.25) is 0 Å². The van der Waals surface area contributed by atoms with Crippen LogP contribution in [0.1, 0.15) is 22.4 Å². The summed E-state index contributed by atoms with van der Waals surface area (Å²) in [6.07, 6.45) is 3.44. The first-order valence-corrected chi connectivity index (χ1v) is 11.3. The number of nitrogen functional groups attached to an aromatic ring is 1. The van der Waals surface area contributed by atoms with Crippen molar-refractivity contribution in [2.75, 3.05) is 25.3 Å². The van der Waals surface area contributed by atoms with Crippen LogP contribution < -0.4 is 20.5 Å². The van der Waals surface area contributed by atoms with Crippen molar-refractivity contribution in [2.45, 2.75) is 13.1 Å². The van der Waals surface area contributed by atoms with Gasteiger partial charge in [0, 0.05) is 41.8 Å². The number of nitrogens with zero attached hydrogens (tertiary/aromatic N) is 4. The van der Waals surface area contributed by atoms with Crippen LogP contribution in [0.15, 0.2) is 77.9 Å². The molecule has 0 saturated carbocycles. The Morgan fingerprint density at radius 3 is 2.69 bits per heavy atom. The number of methoxy groups -OCH3 is 2. The van der Waals surface area contributed by atoms with Crippen LogP contribution in [0, 0.1) is 11.3 Å². The van der Waals surface area contributed by atoms with E-state index in [1.54, 1.807) is 44.8 Å². The number of anilines is 2. The first kappa shape index (κ1) is 24.2. The van der Waals surface area contributed by atoms with E-state index in [-0.39, 0.29) is 0 Å². The van der Waals surface area contributed by atoms with Crippen molar-refractivity contribution in [1.82, 2.24) is 9.97 Å². The lowest BCUT2D eigenvalue weighted by molar-refractivity contribution is 0.391. The fraction of sp³-hybridized carbons (Fsp3) is 0.143. The van der Waals surface area contributed by atoms with Crippen LogP contribution in [0.25, 0.3) is 11.3 Å². The molecule has 8 heteroatoms. The van der Waals surface area contributed by atoms with Gasteiger partial charge in [-0.05, 0) is 42.5 Å². The lowest BCUT2D eigenvalue weighted by atomic mass is 10.1. The van der Waals surface area contributed by atoms with Crippen LogP contribution in [0.2, 0.25) is 0 Å². The summed E-state index contributed by atoms with van der Waals surface area (Å²) >= 11 is 0. The van der Waals surface area contributed by atoms with Gasteiger partial charge in [0.25, 0.3) is 0 Å². The van der Waals surface area contributed by atoms with Crippen LogP contribution in [0.3, 0.4) is 0 Å². The van der Waals surface area contributed by atoms with Gasteiger partial charge >= 0.3 is 0 Å². The molecule has 36 heavy (non-hydrogen) atoms. The zero-order valence-electron chi connectivity index (χ0n) is 20.1. The van der Waals surface area contributed by atoms with Crippen molar-refractivity contribution < 1.29 is 9.47 Å². The van der Waals surface area contributed by atoms with Crippen molar-refractivity contribution in [3.63, 3.8) is 0 Å². The van der Waals surface area contributed by atoms with Crippen LogP contribution in [0.5, 0.6) is 11.5 Å². The van der Waals surface area contributed by atoms with E-state index in [0.717, 1.165) is 16.8 Å². The summed E-state index contributed by atoms with van der Waals surface area (Å²) in [6.45, 7) is 0.848. The van der Waals surface area contributed by atoms with Crippen molar-refractivity contribution in [3.8, 4) is 28.8 Å². The Bertz CT molecular complexity index is 1410. The predicted molar refractivity (Wildman–Crippen MR) is 141 cm³/mol. The highest BCUT2D eigenvalue weighted by atomic mass is 16.5. The van der Waals surface area contributed by atoms with Gasteiger partial charge < -0.3 is 20.5 Å². The number of aromatic nitrogens is 2. The molecule has 0 bridgehead atoms. The molecule has 0 unspecified atom stereocenters. The molecule has 0 spiro atoms. The fourth-order valence-corrected chi connectivity index (χ4v) is 3.64. The molecule has 0 aliphatic heterocycles. The maximum Gasteiger partial charge on any atom is 0.137 e. The van der Waals surface area contributed by atoms with Gasteiger partial charge in [-0.25, -0.2) is 4.98 Å². The molecular weight excluding hydrogens is 452 g/mol. The minimum Gasteiger partial charge on any atom is -0.497 e. The Balaban J connectivity index is 1.69. The second-order valence-electron chi connectivity index (χ2n) is 7.87. The molecule has 3 N–H and O–H groups in total. The van der Waals surface area contributed by atoms with E-state index in [1.807, 2.05) is 48.5 Å². The third-order valence-electron chi connectivity index (χ3n) is 5.52. The lowest BCUT2D eigenvalue weighted by Gasteiger charge is -2.15. The van der Waals surface area contributed by atoms with Gasteiger partial charge in [-0.3, -0.25) is 9.98 Å². The number of rotatable bonds is 9. The molecule has 4 rings (SSSR count). The van der Waals surface area contributed by atoms with E-state index in [1.165, 1.54) is 0 Å². The average molecular weight is 479 g/mol. The maximum atomic E-state index is 9.30. The van der Waals surface area contributed by atoms with E-state index >= 15 is 0 Å². The minimum absolute atomic E-state index is 0.415. The fourth-order valence-electron chi connectivity index (χ4n) is 3.64. The quantitative estimate of drug-likeness (QED) is 0.330. The first-order chi connectivity index (χ1) is 17.6. The lowest BCUT2D eigenvalue weighted by Crippen LogP contribution is -2.09. The summed E-state index contributed by atoms with van der Waals surface area (Å²) < 4.78 is 10.8. The topological polar surface area (TPSA) is 118 Å². The normalized spacial score (nSPS) is 10.7. The molecule has 0 aliphatic rings. The molecule has 0 fully saturated rings. The van der Waals surface area contributed by atoms with Gasteiger partial charge in [0.05, 0.1) is 49.3 Å². The van der Waals surface area contributed by atoms with E-state index in [0.29, 0.717) is 52.9 Å². The summed E-state index contributed by atoms with van der Waals surface area (Å²) in [4.78, 5) is 13.7. The average Bonchev–Trinajstić information content (AvgIpc) is 2.93. The smallest absolute Gasteiger partial charge is 0.137 e. The van der Waals surface area contributed by atoms with E-state index in [4.69, 9.17) is 20.2 Å². The number of pyridine rings is 2. The molecule has 0 amide bonds. The molecular formula is C28H26N6O2. The molecule has 8 nitrogen and oxygen atoms in total. The zero-order chi connectivity index (χ0) is 25.3. The van der Waals surface area contributed by atoms with Crippen LogP contribution in [-0.4, -0.2) is 30.4 Å². The van der Waals surface area contributed by atoms with E-state index in [9.17, 15) is 5.26 Å². The van der Waals surface area contributed by atoms with E-state index in [2.05, 4.69) is 21.4 Å². The van der Waals surface area contributed by atoms with Gasteiger partial charge in [0.1, 0.15) is 17.3 Å². The first-order valence-electron chi connectivity index (χ1n) is 11.3. The van der Waals surface area contributed by atoms with Crippen molar-refractivity contribution >= 4 is 17.7 Å². The maximum absolute atomic E-state index is 9.30. The Labute approximate surface area is 210 Å². The van der Waals surface area contributed by atoms with Crippen molar-refractivity contribution in [1.29, 1.82) is 5.26 Å². The number of nitrogens with two attached hydrogens (primary N) is 1. The molecule has 0 radical (unpaired) electrons. The summed E-state index contributed by atoms with van der Waals surface area (Å²) in [5.41, 5.74) is 11.4. The number of ether oxygens (including phenoxy) is 2. The highest BCUT2D eigenvalue weighted by Gasteiger charge is 2.13. The molecule has 4 aromatic rings. The van der Waals surface area contributed by atoms with Gasteiger partial charge in [-0.1, -0.05) is 18.2 Å². The van der Waals surface area contributed by atoms with Gasteiger partial charge in [-0.2, -0.15) is 5.26 Å². The second kappa shape index (κ2) is 11.5. The Hall–Kier alpha value is -4.90. The van der Waals surface area contributed by atoms with Gasteiger partial charge in [-0.15, -0.1) is 0 Å². The third-order valence-corrected chi connectivity index (χ3v) is 5.52. The number of hydrogen-bond donors (Lipinski definition) is 2. The zero-order valence-corrected chi connectivity index (χ0v) is 20.1. The summed E-state index contributed by atoms with van der Waals surface area (Å²) in [5, 5.41) is 12.7. The summed E-state index contributed by atoms with van der Waals surface area (Å²) in [6, 6.07) is 22.6. The molecule has 0 aliphatic carbocycles. The molecule has 0 saturated heterocycles. The number of nitrogens with one attached hydrogen (secondary N) is 1. The predicted octanol–water partition coefficient (Wildman–Crippen LogP) is 4.85. The number of benzene rings is 2. The van der Waals surface area contributed by atoms with Crippen LogP contribution >= 0.6 is 0 Å². The van der Waals surface area contributed by atoms with E-state index < -0.39 is 0 Å². The molecule has 2 heterocycles. The standard InChI is InChI=1S/C28H26N6O2/c1-35-23-10-9-21(27(13-23)36-2)16-33-28-24(18-31-17-22-8-3-4-11-32-22)25(30)14-26(34-28)20-7-5-6-19(12-20)15-29/h3-14,18H,16-17H2,1-2H3,(H3,30,33,34). The Morgan fingerprint density at radius 2 is 1.94 bits per heavy atom. The monoisotopic (exact) mass is 478 g/mol. The summed E-state index contributed by atoms with van der Waals surface area (Å²) in [5.74, 6) is 1.97. The van der Waals surface area contributed by atoms with Crippen LogP contribution in [-0.2, 0) is 13.1 Å². The molecule has 0 atom stereocenters. The highest BCUT2D eigenvalue weighted by molar-refractivity contribution is 5.94. The molecule has 2 aromatic carbocycles. The summed E-state index contributed by atoms with van der Waals surface area (Å²) in [7, 11) is 3.23. The largest absolute Gasteiger partial charge is 0.497 e. The van der Waals surface area contributed by atoms with Gasteiger partial charge in [0.15, 0.2) is 0 Å². The SMILES string of the molecule is COc1ccc(CNc2nc(-c3cccc(C#N)c3)cc(N)c2C=NCc2ccccn2)c(OC)c1. The van der Waals surface area contributed by atoms with Crippen molar-refractivity contribution in [3.05, 3.63) is 95.3 Å². The molecule has 2 aromatic heterocycles.